The van der Waals surface area contributed by atoms with Crippen molar-refractivity contribution in [2.24, 2.45) is 5.73 Å². The van der Waals surface area contributed by atoms with Crippen molar-refractivity contribution in [2.75, 3.05) is 13.1 Å². The van der Waals surface area contributed by atoms with Crippen LogP contribution in [0.3, 0.4) is 0 Å². The molecule has 1 fully saturated rings. The van der Waals surface area contributed by atoms with Crippen molar-refractivity contribution >= 4 is 15.7 Å². The van der Waals surface area contributed by atoms with Crippen LogP contribution in [-0.4, -0.2) is 36.8 Å². The minimum Gasteiger partial charge on any atom is -0.326 e. The number of nitrogens with zero attached hydrogens (tertiary/aromatic N) is 2. The normalized spacial score (nSPS) is 21.0. The highest BCUT2D eigenvalue weighted by Gasteiger charge is 2.41. The second-order valence-electron chi connectivity index (χ2n) is 6.62. The molecule has 138 valence electrons. The number of hydrogen-bond acceptors (Lipinski definition) is 5. The number of sulfonamides is 1. The van der Waals surface area contributed by atoms with Gasteiger partial charge in [-0.2, -0.15) is 4.31 Å². The molecule has 2 aromatic carbocycles. The molecule has 1 aliphatic rings. The number of nitro benzene ring substituents is 1. The van der Waals surface area contributed by atoms with E-state index in [0.29, 0.717) is 11.1 Å². The van der Waals surface area contributed by atoms with Gasteiger partial charge >= 0.3 is 0 Å². The van der Waals surface area contributed by atoms with Crippen LogP contribution in [0.1, 0.15) is 22.6 Å². The van der Waals surface area contributed by atoms with Crippen LogP contribution in [0.15, 0.2) is 47.4 Å². The predicted molar refractivity (Wildman–Crippen MR) is 98.5 cm³/mol. The molecule has 0 bridgehead atoms. The second kappa shape index (κ2) is 6.79. The van der Waals surface area contributed by atoms with Gasteiger partial charge in [-0.15, -0.1) is 0 Å². The zero-order valence-corrected chi connectivity index (χ0v) is 15.4. The summed E-state index contributed by atoms with van der Waals surface area (Å²) in [5, 5.41) is 11.4. The third-order valence-electron chi connectivity index (χ3n) is 5.01. The minimum absolute atomic E-state index is 0.131. The zero-order chi connectivity index (χ0) is 19.1. The van der Waals surface area contributed by atoms with Crippen LogP contribution in [0.5, 0.6) is 0 Å². The van der Waals surface area contributed by atoms with E-state index in [1.807, 2.05) is 30.3 Å². The highest BCUT2D eigenvalue weighted by atomic mass is 32.2. The Morgan fingerprint density at radius 1 is 1.12 bits per heavy atom. The fraction of sp³-hybridized carbons (Fsp3) is 0.333. The maximum Gasteiger partial charge on any atom is 0.289 e. The molecule has 26 heavy (non-hydrogen) atoms. The summed E-state index contributed by atoms with van der Waals surface area (Å²) in [6.45, 7) is 3.67. The summed E-state index contributed by atoms with van der Waals surface area (Å²) in [5.41, 5.74) is 7.86. The Bertz CT molecular complexity index is 944. The number of benzene rings is 2. The van der Waals surface area contributed by atoms with Crippen molar-refractivity contribution in [3.8, 4) is 0 Å². The Hall–Kier alpha value is -2.29. The molecule has 2 aromatic rings. The van der Waals surface area contributed by atoms with Gasteiger partial charge in [0.2, 0.25) is 10.0 Å². The van der Waals surface area contributed by atoms with Crippen LogP contribution in [0.25, 0.3) is 0 Å². The summed E-state index contributed by atoms with van der Waals surface area (Å²) in [7, 11) is -4.03. The van der Waals surface area contributed by atoms with E-state index < -0.39 is 20.6 Å². The highest BCUT2D eigenvalue weighted by Crippen LogP contribution is 2.36. The van der Waals surface area contributed by atoms with E-state index in [9.17, 15) is 18.5 Å². The van der Waals surface area contributed by atoms with Crippen LogP contribution in [0, 0.1) is 24.0 Å². The van der Waals surface area contributed by atoms with Crippen molar-refractivity contribution in [1.29, 1.82) is 0 Å². The first-order valence-corrected chi connectivity index (χ1v) is 9.72. The van der Waals surface area contributed by atoms with Crippen molar-refractivity contribution in [2.45, 2.75) is 30.7 Å². The molecule has 0 aliphatic carbocycles. The summed E-state index contributed by atoms with van der Waals surface area (Å²) >= 11 is 0. The molecule has 0 radical (unpaired) electrons. The van der Waals surface area contributed by atoms with Crippen molar-refractivity contribution in [1.82, 2.24) is 4.31 Å². The van der Waals surface area contributed by atoms with Gasteiger partial charge in [0.15, 0.2) is 4.90 Å². The third-order valence-corrected chi connectivity index (χ3v) is 7.02. The molecule has 1 saturated heterocycles. The maximum atomic E-state index is 13.2. The molecule has 2 atom stereocenters. The van der Waals surface area contributed by atoms with Gasteiger partial charge in [0.1, 0.15) is 0 Å². The summed E-state index contributed by atoms with van der Waals surface area (Å²) < 4.78 is 27.7. The summed E-state index contributed by atoms with van der Waals surface area (Å²) in [5.74, 6) is -0.143. The molecule has 2 N–H and O–H groups in total. The standard InChI is InChI=1S/C18H21N3O4S/c1-12-8-9-17(21(22)23)18(13(12)2)26(24,25)20-10-15(16(19)11-20)14-6-4-3-5-7-14/h3-9,15-16H,10-11,19H2,1-2H3/t15-,16+/m0/s1. The Labute approximate surface area is 152 Å². The molecule has 0 amide bonds. The van der Waals surface area contributed by atoms with Crippen LogP contribution in [0.2, 0.25) is 0 Å². The molecule has 0 unspecified atom stereocenters. The van der Waals surface area contributed by atoms with E-state index in [1.54, 1.807) is 19.9 Å². The van der Waals surface area contributed by atoms with E-state index in [-0.39, 0.29) is 29.9 Å². The lowest BCUT2D eigenvalue weighted by molar-refractivity contribution is -0.388. The van der Waals surface area contributed by atoms with E-state index in [4.69, 9.17) is 5.73 Å². The zero-order valence-electron chi connectivity index (χ0n) is 14.6. The molecule has 7 nitrogen and oxygen atoms in total. The molecular weight excluding hydrogens is 354 g/mol. The van der Waals surface area contributed by atoms with Gasteiger partial charge in [0, 0.05) is 31.1 Å². The van der Waals surface area contributed by atoms with E-state index in [0.717, 1.165) is 5.56 Å². The average Bonchev–Trinajstić information content (AvgIpc) is 3.00. The average molecular weight is 375 g/mol. The van der Waals surface area contributed by atoms with Gasteiger partial charge in [-0.1, -0.05) is 36.4 Å². The lowest BCUT2D eigenvalue weighted by Gasteiger charge is -2.18. The fourth-order valence-electron chi connectivity index (χ4n) is 3.42. The van der Waals surface area contributed by atoms with Gasteiger partial charge in [-0.3, -0.25) is 10.1 Å². The van der Waals surface area contributed by atoms with Gasteiger partial charge in [0.05, 0.1) is 4.92 Å². The minimum atomic E-state index is -4.03. The van der Waals surface area contributed by atoms with Crippen molar-refractivity contribution in [3.05, 3.63) is 69.3 Å². The summed E-state index contributed by atoms with van der Waals surface area (Å²) in [6.07, 6.45) is 0. The first-order chi connectivity index (χ1) is 12.2. The number of nitro groups is 1. The van der Waals surface area contributed by atoms with Crippen LogP contribution < -0.4 is 5.73 Å². The SMILES string of the molecule is Cc1ccc([N+](=O)[O-])c(S(=O)(=O)N2C[C@@H](N)[C@H](c3ccccc3)C2)c1C. The molecule has 0 saturated carbocycles. The topological polar surface area (TPSA) is 107 Å². The number of hydrogen-bond donors (Lipinski definition) is 1. The first-order valence-electron chi connectivity index (χ1n) is 8.28. The van der Waals surface area contributed by atoms with E-state index in [1.165, 1.54) is 10.4 Å². The van der Waals surface area contributed by atoms with Crippen LogP contribution in [-0.2, 0) is 10.0 Å². The Morgan fingerprint density at radius 2 is 1.77 bits per heavy atom. The van der Waals surface area contributed by atoms with Gasteiger partial charge < -0.3 is 5.73 Å². The molecule has 0 aromatic heterocycles. The van der Waals surface area contributed by atoms with E-state index in [2.05, 4.69) is 0 Å². The lowest BCUT2D eigenvalue weighted by Crippen LogP contribution is -2.33. The summed E-state index contributed by atoms with van der Waals surface area (Å²) in [4.78, 5) is 10.5. The molecular formula is C18H21N3O4S. The van der Waals surface area contributed by atoms with Crippen LogP contribution >= 0.6 is 0 Å². The molecule has 1 heterocycles. The monoisotopic (exact) mass is 375 g/mol. The van der Waals surface area contributed by atoms with Gasteiger partial charge in [-0.05, 0) is 30.5 Å². The largest absolute Gasteiger partial charge is 0.326 e. The first kappa shape index (κ1) is 18.5. The Balaban J connectivity index is 2.03. The predicted octanol–water partition coefficient (Wildman–Crippen LogP) is 2.33. The number of aryl methyl sites for hydroxylation is 1. The number of rotatable bonds is 4. The summed E-state index contributed by atoms with van der Waals surface area (Å²) in [6, 6.07) is 11.9. The second-order valence-corrected chi connectivity index (χ2v) is 8.49. The van der Waals surface area contributed by atoms with Crippen molar-refractivity contribution < 1.29 is 13.3 Å². The van der Waals surface area contributed by atoms with Crippen molar-refractivity contribution in [3.63, 3.8) is 0 Å². The highest BCUT2D eigenvalue weighted by molar-refractivity contribution is 7.89. The maximum absolute atomic E-state index is 13.2. The molecule has 3 rings (SSSR count). The Morgan fingerprint density at radius 3 is 2.38 bits per heavy atom. The quantitative estimate of drug-likeness (QED) is 0.652. The smallest absolute Gasteiger partial charge is 0.289 e. The fourth-order valence-corrected chi connectivity index (χ4v) is 5.35. The molecule has 1 aliphatic heterocycles. The van der Waals surface area contributed by atoms with E-state index >= 15 is 0 Å². The lowest BCUT2D eigenvalue weighted by atomic mass is 9.95. The third kappa shape index (κ3) is 3.11. The molecule has 0 spiro atoms. The van der Waals surface area contributed by atoms with Gasteiger partial charge in [0.25, 0.3) is 5.69 Å². The number of nitrogens with two attached hydrogens (primary N) is 1. The van der Waals surface area contributed by atoms with Gasteiger partial charge in [-0.25, -0.2) is 8.42 Å². The Kier molecular flexibility index (Phi) is 4.83. The van der Waals surface area contributed by atoms with Crippen LogP contribution in [0.4, 0.5) is 5.69 Å². The molecule has 8 heteroatoms.